The van der Waals surface area contributed by atoms with Crippen molar-refractivity contribution in [3.63, 3.8) is 0 Å². The van der Waals surface area contributed by atoms with Gasteiger partial charge in [0.25, 0.3) is 0 Å². The van der Waals surface area contributed by atoms with Crippen LogP contribution in [0.25, 0.3) is 0 Å². The summed E-state index contributed by atoms with van der Waals surface area (Å²) in [5, 5.41) is 2.86. The fourth-order valence-corrected chi connectivity index (χ4v) is 2.12. The third kappa shape index (κ3) is 3.04. The second-order valence-electron chi connectivity index (χ2n) is 5.07. The van der Waals surface area contributed by atoms with Crippen molar-refractivity contribution in [1.82, 2.24) is 5.32 Å². The topological polar surface area (TPSA) is 73.6 Å². The molecule has 1 atom stereocenters. The van der Waals surface area contributed by atoms with E-state index < -0.39 is 5.54 Å². The molecule has 0 spiro atoms. The van der Waals surface area contributed by atoms with Gasteiger partial charge in [-0.2, -0.15) is 0 Å². The number of hydrogen-bond donors (Lipinski definition) is 2. The van der Waals surface area contributed by atoms with Crippen LogP contribution in [0.5, 0.6) is 11.5 Å². The van der Waals surface area contributed by atoms with Gasteiger partial charge < -0.3 is 20.5 Å². The maximum absolute atomic E-state index is 12.1. The van der Waals surface area contributed by atoms with Crippen molar-refractivity contribution in [2.45, 2.75) is 38.3 Å². The lowest BCUT2D eigenvalue weighted by molar-refractivity contribution is -0.127. The van der Waals surface area contributed by atoms with Crippen LogP contribution in [0, 0.1) is 0 Å². The Morgan fingerprint density at radius 3 is 2.65 bits per heavy atom. The number of ether oxygens (including phenoxy) is 2. The maximum atomic E-state index is 12.1. The average molecular weight is 278 g/mol. The van der Waals surface area contributed by atoms with E-state index in [0.29, 0.717) is 31.7 Å². The number of hydrogen-bond acceptors (Lipinski definition) is 4. The van der Waals surface area contributed by atoms with Crippen LogP contribution in [0.4, 0.5) is 0 Å². The van der Waals surface area contributed by atoms with Crippen LogP contribution in [0.2, 0.25) is 0 Å². The van der Waals surface area contributed by atoms with Gasteiger partial charge in [0.2, 0.25) is 5.91 Å². The summed E-state index contributed by atoms with van der Waals surface area (Å²) in [7, 11) is 0. The molecule has 0 aromatic heterocycles. The Bertz CT molecular complexity index is 472. The van der Waals surface area contributed by atoms with Crippen LogP contribution in [0.15, 0.2) is 24.3 Å². The van der Waals surface area contributed by atoms with Gasteiger partial charge in [-0.25, -0.2) is 0 Å². The first-order valence-corrected chi connectivity index (χ1v) is 7.04. The molecule has 3 N–H and O–H groups in total. The molecule has 20 heavy (non-hydrogen) atoms. The fraction of sp³-hybridized carbons (Fsp3) is 0.533. The molecule has 1 unspecified atom stereocenters. The van der Waals surface area contributed by atoms with E-state index in [-0.39, 0.29) is 12.0 Å². The Labute approximate surface area is 119 Å². The highest BCUT2D eigenvalue weighted by Crippen LogP contribution is 2.30. The molecule has 0 aliphatic carbocycles. The molecule has 5 nitrogen and oxygen atoms in total. The number of para-hydroxylation sites is 2. The van der Waals surface area contributed by atoms with Crippen molar-refractivity contribution < 1.29 is 14.3 Å². The van der Waals surface area contributed by atoms with Gasteiger partial charge in [0.1, 0.15) is 12.7 Å². The molecule has 1 aromatic carbocycles. The number of rotatable bonds is 5. The van der Waals surface area contributed by atoms with Crippen LogP contribution < -0.4 is 20.5 Å². The minimum Gasteiger partial charge on any atom is -0.486 e. The van der Waals surface area contributed by atoms with Crippen LogP contribution in [0.1, 0.15) is 26.7 Å². The third-order valence-corrected chi connectivity index (χ3v) is 3.77. The summed E-state index contributed by atoms with van der Waals surface area (Å²) in [5.41, 5.74) is 5.25. The van der Waals surface area contributed by atoms with E-state index in [1.54, 1.807) is 0 Å². The lowest BCUT2D eigenvalue weighted by Gasteiger charge is -2.29. The van der Waals surface area contributed by atoms with Crippen LogP contribution in [0.3, 0.4) is 0 Å². The van der Waals surface area contributed by atoms with E-state index in [2.05, 4.69) is 5.32 Å². The molecule has 1 amide bonds. The highest BCUT2D eigenvalue weighted by atomic mass is 16.6. The van der Waals surface area contributed by atoms with Gasteiger partial charge in [-0.1, -0.05) is 26.0 Å². The quantitative estimate of drug-likeness (QED) is 0.855. The molecule has 2 rings (SSSR count). The molecule has 5 heteroatoms. The Kier molecular flexibility index (Phi) is 4.49. The molecule has 0 fully saturated rings. The van der Waals surface area contributed by atoms with E-state index in [9.17, 15) is 4.79 Å². The summed E-state index contributed by atoms with van der Waals surface area (Å²) in [6.45, 7) is 4.65. The molecule has 1 aliphatic rings. The van der Waals surface area contributed by atoms with E-state index in [1.165, 1.54) is 0 Å². The van der Waals surface area contributed by atoms with E-state index >= 15 is 0 Å². The Morgan fingerprint density at radius 1 is 1.35 bits per heavy atom. The average Bonchev–Trinajstić information content (AvgIpc) is 2.51. The van der Waals surface area contributed by atoms with Gasteiger partial charge in [0, 0.05) is 0 Å². The Balaban J connectivity index is 1.89. The Hall–Kier alpha value is -1.75. The monoisotopic (exact) mass is 278 g/mol. The van der Waals surface area contributed by atoms with Crippen LogP contribution in [-0.4, -0.2) is 30.7 Å². The number of amides is 1. The van der Waals surface area contributed by atoms with Crippen LogP contribution >= 0.6 is 0 Å². The van der Waals surface area contributed by atoms with E-state index in [0.717, 1.165) is 5.75 Å². The molecule has 1 heterocycles. The van der Waals surface area contributed by atoms with Crippen molar-refractivity contribution in [3.05, 3.63) is 24.3 Å². The zero-order valence-electron chi connectivity index (χ0n) is 12.0. The zero-order chi connectivity index (χ0) is 14.6. The van der Waals surface area contributed by atoms with Gasteiger partial charge in [0.15, 0.2) is 11.5 Å². The van der Waals surface area contributed by atoms with Gasteiger partial charge in [-0.3, -0.25) is 4.79 Å². The first-order chi connectivity index (χ1) is 9.59. The molecule has 0 radical (unpaired) electrons. The molecular weight excluding hydrogens is 256 g/mol. The van der Waals surface area contributed by atoms with Gasteiger partial charge in [0.05, 0.1) is 12.1 Å². The summed E-state index contributed by atoms with van der Waals surface area (Å²) >= 11 is 0. The van der Waals surface area contributed by atoms with Crippen molar-refractivity contribution in [1.29, 1.82) is 0 Å². The number of benzene rings is 1. The molecule has 0 bridgehead atoms. The number of carbonyl (C=O) groups excluding carboxylic acids is 1. The normalized spacial score (nSPS) is 17.6. The molecule has 0 saturated heterocycles. The predicted molar refractivity (Wildman–Crippen MR) is 76.9 cm³/mol. The second-order valence-corrected chi connectivity index (χ2v) is 5.07. The highest BCUT2D eigenvalue weighted by molar-refractivity contribution is 5.85. The lowest BCUT2D eigenvalue weighted by Crippen LogP contribution is -2.55. The second kappa shape index (κ2) is 6.13. The summed E-state index contributed by atoms with van der Waals surface area (Å²) in [6, 6.07) is 7.51. The summed E-state index contributed by atoms with van der Waals surface area (Å²) < 4.78 is 11.4. The number of carbonyl (C=O) groups is 1. The predicted octanol–water partition coefficient (Wildman–Crippen LogP) is 1.46. The van der Waals surface area contributed by atoms with Gasteiger partial charge >= 0.3 is 0 Å². The molecule has 1 aliphatic heterocycles. The minimum atomic E-state index is -0.798. The third-order valence-electron chi connectivity index (χ3n) is 3.77. The van der Waals surface area contributed by atoms with E-state index in [4.69, 9.17) is 15.2 Å². The van der Waals surface area contributed by atoms with Crippen molar-refractivity contribution >= 4 is 5.91 Å². The number of fused-ring (bicyclic) bond motifs is 1. The largest absolute Gasteiger partial charge is 0.486 e. The molecular formula is C15H22N2O3. The maximum Gasteiger partial charge on any atom is 0.240 e. The number of nitrogens with one attached hydrogen (secondary N) is 1. The van der Waals surface area contributed by atoms with Crippen molar-refractivity contribution in [2.24, 2.45) is 5.73 Å². The minimum absolute atomic E-state index is 0.134. The lowest BCUT2D eigenvalue weighted by atomic mass is 9.93. The first kappa shape index (κ1) is 14.7. The smallest absolute Gasteiger partial charge is 0.240 e. The SMILES string of the molecule is CCC(N)(CC)C(=O)NCC1COc2ccccc2O1. The summed E-state index contributed by atoms with van der Waals surface area (Å²) in [6.07, 6.45) is 1.03. The van der Waals surface area contributed by atoms with Gasteiger partial charge in [-0.05, 0) is 25.0 Å². The molecule has 1 aromatic rings. The van der Waals surface area contributed by atoms with Crippen molar-refractivity contribution in [3.8, 4) is 11.5 Å². The first-order valence-electron chi connectivity index (χ1n) is 7.04. The van der Waals surface area contributed by atoms with E-state index in [1.807, 2.05) is 38.1 Å². The number of nitrogens with two attached hydrogens (primary N) is 1. The van der Waals surface area contributed by atoms with Gasteiger partial charge in [-0.15, -0.1) is 0 Å². The Morgan fingerprint density at radius 2 is 2.00 bits per heavy atom. The fourth-order valence-electron chi connectivity index (χ4n) is 2.12. The highest BCUT2D eigenvalue weighted by Gasteiger charge is 2.30. The zero-order valence-corrected chi connectivity index (χ0v) is 12.0. The van der Waals surface area contributed by atoms with Crippen molar-refractivity contribution in [2.75, 3.05) is 13.2 Å². The standard InChI is InChI=1S/C15H22N2O3/c1-3-15(16,4-2)14(18)17-9-11-10-19-12-7-5-6-8-13(12)20-11/h5-8,11H,3-4,9-10,16H2,1-2H3,(H,17,18). The van der Waals surface area contributed by atoms with Crippen LogP contribution in [-0.2, 0) is 4.79 Å². The summed E-state index contributed by atoms with van der Waals surface area (Å²) in [4.78, 5) is 12.1. The summed E-state index contributed by atoms with van der Waals surface area (Å²) in [5.74, 6) is 1.32. The molecule has 0 saturated carbocycles. The molecule has 110 valence electrons.